The van der Waals surface area contributed by atoms with Gasteiger partial charge in [0.2, 0.25) is 5.95 Å². The number of rotatable bonds is 3. The summed E-state index contributed by atoms with van der Waals surface area (Å²) >= 11 is 3.66. The Labute approximate surface area is 130 Å². The number of nitrogens with one attached hydrogen (secondary N) is 1. The number of nitro benzene ring substituents is 1. The van der Waals surface area contributed by atoms with Crippen LogP contribution in [0.3, 0.4) is 0 Å². The van der Waals surface area contributed by atoms with Crippen molar-refractivity contribution in [1.29, 1.82) is 0 Å². The van der Waals surface area contributed by atoms with E-state index < -0.39 is 0 Å². The highest BCUT2D eigenvalue weighted by molar-refractivity contribution is 9.09. The molecule has 6 nitrogen and oxygen atoms in total. The Morgan fingerprint density at radius 2 is 2.19 bits per heavy atom. The summed E-state index contributed by atoms with van der Waals surface area (Å²) in [4.78, 5) is 20.9. The topological polar surface area (TPSA) is 75.1 Å². The number of hydrogen-bond acceptors (Lipinski definition) is 4. The van der Waals surface area contributed by atoms with Crippen molar-refractivity contribution in [2.75, 3.05) is 18.0 Å². The molecule has 0 spiro atoms. The largest absolute Gasteiger partial charge is 0.342 e. The van der Waals surface area contributed by atoms with E-state index in [2.05, 4.69) is 37.7 Å². The van der Waals surface area contributed by atoms with Gasteiger partial charge in [-0.2, -0.15) is 0 Å². The van der Waals surface area contributed by atoms with E-state index in [0.29, 0.717) is 10.7 Å². The van der Waals surface area contributed by atoms with Gasteiger partial charge >= 0.3 is 0 Å². The summed E-state index contributed by atoms with van der Waals surface area (Å²) in [5, 5.41) is 10.8. The van der Waals surface area contributed by atoms with Crippen LogP contribution in [0.4, 0.5) is 11.6 Å². The maximum Gasteiger partial charge on any atom is 0.271 e. The van der Waals surface area contributed by atoms with E-state index in [9.17, 15) is 10.1 Å². The van der Waals surface area contributed by atoms with Crippen LogP contribution in [0.25, 0.3) is 11.0 Å². The summed E-state index contributed by atoms with van der Waals surface area (Å²) in [5.41, 5.74) is 1.58. The number of aromatic nitrogens is 2. The number of halogens is 1. The molecule has 2 aromatic rings. The Balaban J connectivity index is 1.80. The number of aromatic amines is 1. The fraction of sp³-hybridized carbons (Fsp3) is 0.500. The van der Waals surface area contributed by atoms with Crippen LogP contribution < -0.4 is 4.90 Å². The number of imidazole rings is 1. The lowest BCUT2D eigenvalue weighted by Gasteiger charge is -2.33. The predicted molar refractivity (Wildman–Crippen MR) is 86.1 cm³/mol. The van der Waals surface area contributed by atoms with Crippen molar-refractivity contribution >= 4 is 38.6 Å². The van der Waals surface area contributed by atoms with Crippen molar-refractivity contribution in [3.8, 4) is 0 Å². The number of hydrogen-bond donors (Lipinski definition) is 1. The van der Waals surface area contributed by atoms with Crippen molar-refractivity contribution in [2.45, 2.75) is 24.6 Å². The molecule has 2 heterocycles. The Morgan fingerprint density at radius 3 is 2.81 bits per heavy atom. The van der Waals surface area contributed by atoms with Crippen molar-refractivity contribution in [3.05, 3.63) is 28.3 Å². The van der Waals surface area contributed by atoms with E-state index in [4.69, 9.17) is 0 Å². The monoisotopic (exact) mass is 352 g/mol. The number of H-pyrrole nitrogens is 1. The van der Waals surface area contributed by atoms with Crippen molar-refractivity contribution in [2.24, 2.45) is 5.92 Å². The minimum absolute atomic E-state index is 0.0875. The lowest BCUT2D eigenvalue weighted by molar-refractivity contribution is -0.384. The van der Waals surface area contributed by atoms with Crippen LogP contribution in [0.2, 0.25) is 0 Å². The van der Waals surface area contributed by atoms with Crippen LogP contribution in [0.5, 0.6) is 0 Å². The van der Waals surface area contributed by atoms with E-state index in [0.717, 1.165) is 42.9 Å². The van der Waals surface area contributed by atoms with E-state index in [1.54, 1.807) is 12.1 Å². The maximum atomic E-state index is 10.8. The van der Waals surface area contributed by atoms with E-state index in [1.807, 2.05) is 0 Å². The first-order chi connectivity index (χ1) is 10.0. The number of fused-ring (bicyclic) bond motifs is 1. The number of benzene rings is 1. The standard InChI is InChI=1S/C14H17BrN4O2/c1-9(15)10-4-6-18(7-5-10)14-16-12-3-2-11(19(20)21)8-13(12)17-14/h2-3,8-10H,4-7H2,1H3,(H,16,17). The summed E-state index contributed by atoms with van der Waals surface area (Å²) < 4.78 is 0. The van der Waals surface area contributed by atoms with Gasteiger partial charge in [0.05, 0.1) is 16.0 Å². The molecule has 3 rings (SSSR count). The zero-order valence-corrected chi connectivity index (χ0v) is 13.3. The van der Waals surface area contributed by atoms with Crippen molar-refractivity contribution < 1.29 is 4.92 Å². The smallest absolute Gasteiger partial charge is 0.271 e. The van der Waals surface area contributed by atoms with E-state index in [1.165, 1.54) is 6.07 Å². The number of anilines is 1. The molecule has 21 heavy (non-hydrogen) atoms. The molecule has 7 heteroatoms. The van der Waals surface area contributed by atoms with Crippen LogP contribution >= 0.6 is 15.9 Å². The van der Waals surface area contributed by atoms with Gasteiger partial charge < -0.3 is 9.88 Å². The van der Waals surface area contributed by atoms with Crippen molar-refractivity contribution in [1.82, 2.24) is 9.97 Å². The number of alkyl halides is 1. The molecule has 1 atom stereocenters. The SMILES string of the molecule is CC(Br)C1CCN(c2nc3ccc([N+](=O)[O-])cc3[nH]2)CC1. The fourth-order valence-corrected chi connectivity index (χ4v) is 3.35. The molecule has 1 aliphatic heterocycles. The second-order valence-corrected chi connectivity index (χ2v) is 6.97. The Hall–Kier alpha value is -1.63. The zero-order chi connectivity index (χ0) is 15.0. The lowest BCUT2D eigenvalue weighted by Crippen LogP contribution is -2.36. The molecule has 112 valence electrons. The van der Waals surface area contributed by atoms with Gasteiger partial charge in [-0.05, 0) is 24.8 Å². The number of nitrogens with zero attached hydrogens (tertiary/aromatic N) is 3. The first-order valence-corrected chi connectivity index (χ1v) is 7.99. The Morgan fingerprint density at radius 1 is 1.48 bits per heavy atom. The molecule has 1 unspecified atom stereocenters. The van der Waals surface area contributed by atoms with Crippen LogP contribution in [0, 0.1) is 16.0 Å². The molecule has 0 amide bonds. The van der Waals surface area contributed by atoms with Gasteiger partial charge in [-0.25, -0.2) is 4.98 Å². The highest BCUT2D eigenvalue weighted by Crippen LogP contribution is 2.28. The molecule has 1 aromatic carbocycles. The molecule has 0 bridgehead atoms. The van der Waals surface area contributed by atoms with Crippen LogP contribution in [-0.4, -0.2) is 32.8 Å². The summed E-state index contributed by atoms with van der Waals surface area (Å²) in [7, 11) is 0. The second-order valence-electron chi connectivity index (χ2n) is 5.52. The molecule has 0 aliphatic carbocycles. The summed E-state index contributed by atoms with van der Waals surface area (Å²) in [6, 6.07) is 4.73. The summed E-state index contributed by atoms with van der Waals surface area (Å²) in [6.45, 7) is 4.12. The molecule has 1 saturated heterocycles. The van der Waals surface area contributed by atoms with E-state index in [-0.39, 0.29) is 10.6 Å². The van der Waals surface area contributed by atoms with Crippen molar-refractivity contribution in [3.63, 3.8) is 0 Å². The van der Waals surface area contributed by atoms with Crippen LogP contribution in [0.1, 0.15) is 19.8 Å². The zero-order valence-electron chi connectivity index (χ0n) is 11.8. The fourth-order valence-electron chi connectivity index (χ4n) is 2.82. The third kappa shape index (κ3) is 2.88. The normalized spacial score (nSPS) is 18.1. The Kier molecular flexibility index (Phi) is 3.84. The van der Waals surface area contributed by atoms with Gasteiger partial charge in [-0.1, -0.05) is 22.9 Å². The molecule has 1 aromatic heterocycles. The predicted octanol–water partition coefficient (Wildman–Crippen LogP) is 3.47. The van der Waals surface area contributed by atoms with Gasteiger partial charge in [0.25, 0.3) is 5.69 Å². The van der Waals surface area contributed by atoms with Gasteiger partial charge in [0.15, 0.2) is 0 Å². The van der Waals surface area contributed by atoms with Gasteiger partial charge in [-0.3, -0.25) is 10.1 Å². The molecule has 1 N–H and O–H groups in total. The summed E-state index contributed by atoms with van der Waals surface area (Å²) in [6.07, 6.45) is 2.26. The van der Waals surface area contributed by atoms with Gasteiger partial charge in [0.1, 0.15) is 0 Å². The average molecular weight is 353 g/mol. The van der Waals surface area contributed by atoms with Gasteiger partial charge in [-0.15, -0.1) is 0 Å². The number of piperidine rings is 1. The number of nitro groups is 1. The molecule has 0 radical (unpaired) electrons. The minimum Gasteiger partial charge on any atom is -0.342 e. The average Bonchev–Trinajstić information content (AvgIpc) is 2.90. The molecular formula is C14H17BrN4O2. The summed E-state index contributed by atoms with van der Waals surface area (Å²) in [5.74, 6) is 1.51. The first kappa shape index (κ1) is 14.3. The van der Waals surface area contributed by atoms with Gasteiger partial charge in [0, 0.05) is 30.0 Å². The molecule has 1 aliphatic rings. The molecule has 0 saturated carbocycles. The third-order valence-corrected chi connectivity index (χ3v) is 4.90. The highest BCUT2D eigenvalue weighted by Gasteiger charge is 2.24. The second kappa shape index (κ2) is 5.63. The molecule has 1 fully saturated rings. The number of non-ortho nitro benzene ring substituents is 1. The van der Waals surface area contributed by atoms with E-state index >= 15 is 0 Å². The third-order valence-electron chi connectivity index (χ3n) is 4.15. The first-order valence-electron chi connectivity index (χ1n) is 7.08. The maximum absolute atomic E-state index is 10.8. The Bertz CT molecular complexity index is 662. The highest BCUT2D eigenvalue weighted by atomic mass is 79.9. The van der Waals surface area contributed by atoms with Crippen LogP contribution in [-0.2, 0) is 0 Å². The lowest BCUT2D eigenvalue weighted by atomic mass is 9.94. The minimum atomic E-state index is -0.386. The molecular weight excluding hydrogens is 336 g/mol. The quantitative estimate of drug-likeness (QED) is 0.521. The van der Waals surface area contributed by atoms with Crippen LogP contribution in [0.15, 0.2) is 18.2 Å².